The second-order valence-electron chi connectivity index (χ2n) is 9.97. The molecule has 0 atom stereocenters. The van der Waals surface area contributed by atoms with Crippen molar-refractivity contribution in [3.8, 4) is 0 Å². The minimum absolute atomic E-state index is 0.00120. The van der Waals surface area contributed by atoms with Gasteiger partial charge in [0.1, 0.15) is 5.82 Å². The predicted octanol–water partition coefficient (Wildman–Crippen LogP) is 3.54. The highest BCUT2D eigenvalue weighted by Gasteiger charge is 2.25. The zero-order valence-corrected chi connectivity index (χ0v) is 22.4. The van der Waals surface area contributed by atoms with Crippen molar-refractivity contribution >= 4 is 35.4 Å². The highest BCUT2D eigenvalue weighted by molar-refractivity contribution is 5.99. The SMILES string of the molecule is COC(=O)c1cc(NC(=O)N[C@H]2CC[C@@H](Nc3nc4c(c(N(C)C)n3)CCCC4)CC2)cc(C(=O)OC)c1. The lowest BCUT2D eigenvalue weighted by molar-refractivity contribution is 0.0599. The number of hydrogen-bond acceptors (Lipinski definition) is 9. The molecule has 3 N–H and O–H groups in total. The first-order valence-electron chi connectivity index (χ1n) is 13.0. The molecular weight excluding hydrogens is 488 g/mol. The van der Waals surface area contributed by atoms with E-state index in [-0.39, 0.29) is 23.2 Å². The smallest absolute Gasteiger partial charge is 0.337 e. The average Bonchev–Trinajstić information content (AvgIpc) is 2.92. The van der Waals surface area contributed by atoms with E-state index in [4.69, 9.17) is 19.4 Å². The van der Waals surface area contributed by atoms with Crippen LogP contribution in [0, 0.1) is 0 Å². The lowest BCUT2D eigenvalue weighted by Crippen LogP contribution is -2.42. The molecule has 204 valence electrons. The number of methoxy groups -OCH3 is 2. The van der Waals surface area contributed by atoms with Gasteiger partial charge in [-0.25, -0.2) is 19.4 Å². The normalized spacial score (nSPS) is 18.5. The van der Waals surface area contributed by atoms with Crippen molar-refractivity contribution in [1.82, 2.24) is 15.3 Å². The van der Waals surface area contributed by atoms with Crippen LogP contribution >= 0.6 is 0 Å². The number of benzene rings is 1. The molecule has 1 heterocycles. The molecule has 11 heteroatoms. The first kappa shape index (κ1) is 27.2. The third kappa shape index (κ3) is 6.51. The molecule has 2 aliphatic rings. The number of nitrogens with zero attached hydrogens (tertiary/aromatic N) is 3. The number of esters is 2. The molecule has 0 aliphatic heterocycles. The summed E-state index contributed by atoms with van der Waals surface area (Å²) in [7, 11) is 6.53. The average molecular weight is 525 g/mol. The lowest BCUT2D eigenvalue weighted by Gasteiger charge is -2.30. The van der Waals surface area contributed by atoms with Crippen LogP contribution in [0.15, 0.2) is 18.2 Å². The van der Waals surface area contributed by atoms with E-state index < -0.39 is 18.0 Å². The van der Waals surface area contributed by atoms with E-state index in [2.05, 4.69) is 20.9 Å². The van der Waals surface area contributed by atoms with Crippen LogP contribution < -0.4 is 20.9 Å². The number of urea groups is 1. The topological polar surface area (TPSA) is 135 Å². The number of ether oxygens (including phenoxy) is 2. The van der Waals surface area contributed by atoms with E-state index >= 15 is 0 Å². The third-order valence-corrected chi connectivity index (χ3v) is 7.01. The molecule has 2 amide bonds. The monoisotopic (exact) mass is 524 g/mol. The largest absolute Gasteiger partial charge is 0.465 e. The molecule has 1 fully saturated rings. The maximum absolute atomic E-state index is 12.7. The van der Waals surface area contributed by atoms with E-state index in [9.17, 15) is 14.4 Å². The number of aromatic nitrogens is 2. The summed E-state index contributed by atoms with van der Waals surface area (Å²) in [5.41, 5.74) is 2.98. The Balaban J connectivity index is 1.33. The second kappa shape index (κ2) is 12.1. The number of fused-ring (bicyclic) bond motifs is 1. The second-order valence-corrected chi connectivity index (χ2v) is 9.97. The summed E-state index contributed by atoms with van der Waals surface area (Å²) in [4.78, 5) is 48.4. The first-order chi connectivity index (χ1) is 18.3. The van der Waals surface area contributed by atoms with Crippen LogP contribution in [0.4, 0.5) is 22.2 Å². The Labute approximate surface area is 222 Å². The standard InChI is InChI=1S/C27H36N6O5/c1-33(2)23-21-7-5-6-8-22(21)31-26(32-23)28-18-9-11-19(12-10-18)29-27(36)30-20-14-16(24(34)37-3)13-17(15-20)25(35)38-4/h13-15,18-19H,5-12H2,1-4H3,(H,28,31,32)(H2,29,30,36)/t18-,19+. The van der Waals surface area contributed by atoms with Gasteiger partial charge in [-0.2, -0.15) is 4.98 Å². The van der Waals surface area contributed by atoms with Crippen molar-refractivity contribution in [3.05, 3.63) is 40.6 Å². The number of carbonyl (C=O) groups is 3. The van der Waals surface area contributed by atoms with Gasteiger partial charge < -0.3 is 30.3 Å². The van der Waals surface area contributed by atoms with E-state index in [1.165, 1.54) is 44.4 Å². The minimum Gasteiger partial charge on any atom is -0.465 e. The molecule has 0 radical (unpaired) electrons. The van der Waals surface area contributed by atoms with Gasteiger partial charge in [-0.3, -0.25) is 0 Å². The van der Waals surface area contributed by atoms with Gasteiger partial charge >= 0.3 is 18.0 Å². The molecule has 2 aromatic rings. The summed E-state index contributed by atoms with van der Waals surface area (Å²) in [6, 6.07) is 4.10. The number of anilines is 3. The molecule has 1 aromatic heterocycles. The third-order valence-electron chi connectivity index (χ3n) is 7.01. The molecule has 0 unspecified atom stereocenters. The van der Waals surface area contributed by atoms with Crippen molar-refractivity contribution in [2.24, 2.45) is 0 Å². The number of rotatable bonds is 7. The highest BCUT2D eigenvalue weighted by Crippen LogP contribution is 2.29. The van der Waals surface area contributed by atoms with Crippen molar-refractivity contribution in [2.45, 2.75) is 63.5 Å². The molecule has 0 saturated heterocycles. The quantitative estimate of drug-likeness (QED) is 0.465. The Morgan fingerprint density at radius 2 is 1.47 bits per heavy atom. The fourth-order valence-corrected chi connectivity index (χ4v) is 5.10. The van der Waals surface area contributed by atoms with Gasteiger partial charge in [0, 0.05) is 37.4 Å². The van der Waals surface area contributed by atoms with E-state index in [0.717, 1.165) is 56.5 Å². The lowest BCUT2D eigenvalue weighted by atomic mass is 9.91. The van der Waals surface area contributed by atoms with E-state index in [1.807, 2.05) is 14.1 Å². The first-order valence-corrected chi connectivity index (χ1v) is 13.0. The number of nitrogens with one attached hydrogen (secondary N) is 3. The Bertz CT molecular complexity index is 1160. The van der Waals surface area contributed by atoms with Crippen LogP contribution in [0.25, 0.3) is 0 Å². The number of hydrogen-bond donors (Lipinski definition) is 3. The predicted molar refractivity (Wildman–Crippen MR) is 144 cm³/mol. The van der Waals surface area contributed by atoms with Gasteiger partial charge in [0.2, 0.25) is 5.95 Å². The summed E-state index contributed by atoms with van der Waals surface area (Å²) < 4.78 is 9.50. The fourth-order valence-electron chi connectivity index (χ4n) is 5.10. The molecule has 1 aromatic carbocycles. The summed E-state index contributed by atoms with van der Waals surface area (Å²) >= 11 is 0. The van der Waals surface area contributed by atoms with Crippen LogP contribution in [0.1, 0.15) is 70.5 Å². The van der Waals surface area contributed by atoms with Crippen molar-refractivity contribution in [3.63, 3.8) is 0 Å². The molecule has 4 rings (SSSR count). The van der Waals surface area contributed by atoms with Gasteiger partial charge in [0.05, 0.1) is 31.0 Å². The Morgan fingerprint density at radius 1 is 0.868 bits per heavy atom. The number of aryl methyl sites for hydroxylation is 1. The van der Waals surface area contributed by atoms with E-state index in [1.54, 1.807) is 0 Å². The van der Waals surface area contributed by atoms with Crippen LogP contribution in [-0.2, 0) is 22.3 Å². The van der Waals surface area contributed by atoms with Crippen LogP contribution in [-0.4, -0.2) is 68.3 Å². The summed E-state index contributed by atoms with van der Waals surface area (Å²) in [5.74, 6) is 0.433. The summed E-state index contributed by atoms with van der Waals surface area (Å²) in [6.07, 6.45) is 7.68. The van der Waals surface area contributed by atoms with Gasteiger partial charge in [0.15, 0.2) is 0 Å². The molecule has 0 spiro atoms. The zero-order valence-electron chi connectivity index (χ0n) is 22.4. The van der Waals surface area contributed by atoms with Crippen LogP contribution in [0.3, 0.4) is 0 Å². The van der Waals surface area contributed by atoms with Crippen molar-refractivity contribution in [2.75, 3.05) is 43.8 Å². The van der Waals surface area contributed by atoms with Crippen LogP contribution in [0.2, 0.25) is 0 Å². The Morgan fingerprint density at radius 3 is 2.08 bits per heavy atom. The maximum atomic E-state index is 12.7. The Kier molecular flexibility index (Phi) is 8.65. The minimum atomic E-state index is -0.620. The van der Waals surface area contributed by atoms with Gasteiger partial charge in [-0.15, -0.1) is 0 Å². The summed E-state index contributed by atoms with van der Waals surface area (Å²) in [5, 5.41) is 9.23. The molecular formula is C27H36N6O5. The molecule has 0 bridgehead atoms. The van der Waals surface area contributed by atoms with Crippen LogP contribution in [0.5, 0.6) is 0 Å². The fraction of sp³-hybridized carbons (Fsp3) is 0.519. The summed E-state index contributed by atoms with van der Waals surface area (Å²) in [6.45, 7) is 0. The molecule has 11 nitrogen and oxygen atoms in total. The Hall–Kier alpha value is -3.89. The molecule has 1 saturated carbocycles. The maximum Gasteiger partial charge on any atom is 0.337 e. The van der Waals surface area contributed by atoms with E-state index in [0.29, 0.717) is 11.6 Å². The number of carbonyl (C=O) groups excluding carboxylic acids is 3. The van der Waals surface area contributed by atoms with Crippen molar-refractivity contribution < 1.29 is 23.9 Å². The zero-order chi connectivity index (χ0) is 27.2. The van der Waals surface area contributed by atoms with Gasteiger partial charge in [-0.05, 0) is 69.6 Å². The van der Waals surface area contributed by atoms with Gasteiger partial charge in [0.25, 0.3) is 0 Å². The molecule has 38 heavy (non-hydrogen) atoms. The number of amides is 2. The van der Waals surface area contributed by atoms with Gasteiger partial charge in [-0.1, -0.05) is 0 Å². The molecule has 2 aliphatic carbocycles. The highest BCUT2D eigenvalue weighted by atomic mass is 16.5. The van der Waals surface area contributed by atoms with Crippen molar-refractivity contribution in [1.29, 1.82) is 0 Å².